The SMILES string of the molecule is CCCC[C@@H](C=O)O[Si](C)(C)C(C)(C)C. The summed E-state index contributed by atoms with van der Waals surface area (Å²) in [5, 5.41) is 0.181. The minimum Gasteiger partial charge on any atom is -0.407 e. The van der Waals surface area contributed by atoms with Crippen LogP contribution in [0.5, 0.6) is 0 Å². The van der Waals surface area contributed by atoms with Crippen molar-refractivity contribution in [3.05, 3.63) is 0 Å². The molecule has 0 aliphatic heterocycles. The molecule has 90 valence electrons. The highest BCUT2D eigenvalue weighted by molar-refractivity contribution is 6.74. The van der Waals surface area contributed by atoms with E-state index in [1.54, 1.807) is 0 Å². The lowest BCUT2D eigenvalue weighted by Gasteiger charge is -2.38. The van der Waals surface area contributed by atoms with E-state index in [0.717, 1.165) is 25.5 Å². The number of hydrogen-bond donors (Lipinski definition) is 0. The Morgan fingerprint density at radius 1 is 1.33 bits per heavy atom. The second-order valence-electron chi connectivity index (χ2n) is 5.69. The molecule has 0 saturated heterocycles. The molecule has 0 amide bonds. The number of rotatable bonds is 6. The van der Waals surface area contributed by atoms with Gasteiger partial charge in [0.05, 0.1) is 0 Å². The van der Waals surface area contributed by atoms with E-state index >= 15 is 0 Å². The maximum atomic E-state index is 10.9. The average molecular weight is 230 g/mol. The summed E-state index contributed by atoms with van der Waals surface area (Å²) >= 11 is 0. The molecule has 0 N–H and O–H groups in total. The van der Waals surface area contributed by atoms with Crippen LogP contribution >= 0.6 is 0 Å². The van der Waals surface area contributed by atoms with Gasteiger partial charge in [-0.1, -0.05) is 40.5 Å². The van der Waals surface area contributed by atoms with Crippen LogP contribution in [0.2, 0.25) is 18.1 Å². The van der Waals surface area contributed by atoms with Gasteiger partial charge in [0.2, 0.25) is 0 Å². The summed E-state index contributed by atoms with van der Waals surface area (Å²) < 4.78 is 6.02. The van der Waals surface area contributed by atoms with E-state index in [9.17, 15) is 4.79 Å². The molecule has 0 radical (unpaired) electrons. The number of carbonyl (C=O) groups excluding carboxylic acids is 1. The molecule has 0 fully saturated rings. The molecule has 2 nitrogen and oxygen atoms in total. The van der Waals surface area contributed by atoms with Crippen LogP contribution in [0.3, 0.4) is 0 Å². The molecular weight excluding hydrogens is 204 g/mol. The van der Waals surface area contributed by atoms with Gasteiger partial charge < -0.3 is 9.22 Å². The zero-order valence-electron chi connectivity index (χ0n) is 11.1. The highest BCUT2D eigenvalue weighted by Gasteiger charge is 2.38. The van der Waals surface area contributed by atoms with Gasteiger partial charge >= 0.3 is 0 Å². The molecule has 0 saturated carbocycles. The van der Waals surface area contributed by atoms with E-state index in [0.29, 0.717) is 0 Å². The maximum absolute atomic E-state index is 10.9. The summed E-state index contributed by atoms with van der Waals surface area (Å²) in [6, 6.07) is 0. The normalized spacial score (nSPS) is 15.1. The molecule has 0 spiro atoms. The molecule has 0 rings (SSSR count). The first kappa shape index (κ1) is 14.8. The van der Waals surface area contributed by atoms with Crippen molar-refractivity contribution in [2.24, 2.45) is 0 Å². The predicted molar refractivity (Wildman–Crippen MR) is 67.7 cm³/mol. The lowest BCUT2D eigenvalue weighted by Crippen LogP contribution is -2.44. The number of aldehydes is 1. The minimum atomic E-state index is -1.77. The van der Waals surface area contributed by atoms with Crippen LogP contribution in [0.25, 0.3) is 0 Å². The average Bonchev–Trinajstić information content (AvgIpc) is 2.10. The summed E-state index contributed by atoms with van der Waals surface area (Å²) in [4.78, 5) is 10.9. The molecule has 0 aromatic carbocycles. The Kier molecular flexibility index (Phi) is 5.74. The Hall–Kier alpha value is -0.153. The summed E-state index contributed by atoms with van der Waals surface area (Å²) in [7, 11) is -1.77. The van der Waals surface area contributed by atoms with Crippen molar-refractivity contribution in [2.75, 3.05) is 0 Å². The van der Waals surface area contributed by atoms with Crippen LogP contribution in [0.1, 0.15) is 47.0 Å². The maximum Gasteiger partial charge on any atom is 0.193 e. The van der Waals surface area contributed by atoms with Gasteiger partial charge in [-0.05, 0) is 24.6 Å². The number of carbonyl (C=O) groups is 1. The second-order valence-corrected chi connectivity index (χ2v) is 10.5. The lowest BCUT2D eigenvalue weighted by molar-refractivity contribution is -0.114. The fraction of sp³-hybridized carbons (Fsp3) is 0.917. The minimum absolute atomic E-state index is 0.181. The van der Waals surface area contributed by atoms with Gasteiger partial charge in [0.1, 0.15) is 12.4 Å². The van der Waals surface area contributed by atoms with Crippen molar-refractivity contribution >= 4 is 14.6 Å². The highest BCUT2D eigenvalue weighted by Crippen LogP contribution is 2.37. The summed E-state index contributed by atoms with van der Waals surface area (Å²) in [6.07, 6.45) is 3.83. The van der Waals surface area contributed by atoms with Gasteiger partial charge in [-0.25, -0.2) is 0 Å². The lowest BCUT2D eigenvalue weighted by atomic mass is 10.2. The molecule has 0 aliphatic rings. The summed E-state index contributed by atoms with van der Waals surface area (Å²) in [5.41, 5.74) is 0. The van der Waals surface area contributed by atoms with Crippen LogP contribution in [-0.4, -0.2) is 20.7 Å². The van der Waals surface area contributed by atoms with E-state index in [2.05, 4.69) is 40.8 Å². The van der Waals surface area contributed by atoms with E-state index in [-0.39, 0.29) is 11.1 Å². The monoisotopic (exact) mass is 230 g/mol. The van der Waals surface area contributed by atoms with Crippen molar-refractivity contribution < 1.29 is 9.22 Å². The highest BCUT2D eigenvalue weighted by atomic mass is 28.4. The van der Waals surface area contributed by atoms with Gasteiger partial charge in [0.25, 0.3) is 0 Å². The molecule has 0 aromatic rings. The Morgan fingerprint density at radius 2 is 1.87 bits per heavy atom. The van der Waals surface area contributed by atoms with Crippen LogP contribution in [0, 0.1) is 0 Å². The van der Waals surface area contributed by atoms with E-state index in [4.69, 9.17) is 4.43 Å². The largest absolute Gasteiger partial charge is 0.407 e. The molecule has 1 atom stereocenters. The number of hydrogen-bond acceptors (Lipinski definition) is 2. The first-order valence-corrected chi connectivity index (χ1v) is 8.78. The quantitative estimate of drug-likeness (QED) is 0.513. The van der Waals surface area contributed by atoms with Crippen molar-refractivity contribution in [3.8, 4) is 0 Å². The zero-order valence-corrected chi connectivity index (χ0v) is 12.1. The van der Waals surface area contributed by atoms with Crippen LogP contribution in [0.15, 0.2) is 0 Å². The van der Waals surface area contributed by atoms with E-state index < -0.39 is 8.32 Å². The molecule has 0 aromatic heterocycles. The molecule has 0 bridgehead atoms. The van der Waals surface area contributed by atoms with Crippen LogP contribution < -0.4 is 0 Å². The van der Waals surface area contributed by atoms with E-state index in [1.807, 2.05) is 0 Å². The fourth-order valence-electron chi connectivity index (χ4n) is 1.12. The molecular formula is C12H26O2Si. The molecule has 15 heavy (non-hydrogen) atoms. The zero-order chi connectivity index (χ0) is 12.1. The smallest absolute Gasteiger partial charge is 0.193 e. The van der Waals surface area contributed by atoms with E-state index in [1.165, 1.54) is 0 Å². The third kappa shape index (κ3) is 4.93. The third-order valence-corrected chi connectivity index (χ3v) is 7.75. The Bertz CT molecular complexity index is 194. The molecule has 0 aliphatic carbocycles. The van der Waals surface area contributed by atoms with Gasteiger partial charge in [-0.15, -0.1) is 0 Å². The van der Waals surface area contributed by atoms with Crippen LogP contribution in [0.4, 0.5) is 0 Å². The first-order valence-electron chi connectivity index (χ1n) is 5.87. The summed E-state index contributed by atoms with van der Waals surface area (Å²) in [5.74, 6) is 0. The van der Waals surface area contributed by atoms with Crippen molar-refractivity contribution in [1.29, 1.82) is 0 Å². The molecule has 3 heteroatoms. The topological polar surface area (TPSA) is 26.3 Å². The van der Waals surface area contributed by atoms with Crippen molar-refractivity contribution in [3.63, 3.8) is 0 Å². The Labute approximate surface area is 95.5 Å². The molecule has 0 heterocycles. The van der Waals surface area contributed by atoms with Gasteiger partial charge in [0, 0.05) is 0 Å². The standard InChI is InChI=1S/C12H26O2Si/c1-7-8-9-11(10-13)14-15(5,6)12(2,3)4/h10-11H,7-9H2,1-6H3/t11-/m0/s1. The van der Waals surface area contributed by atoms with Crippen LogP contribution in [-0.2, 0) is 9.22 Å². The van der Waals surface area contributed by atoms with Crippen molar-refractivity contribution in [2.45, 2.75) is 71.2 Å². The van der Waals surface area contributed by atoms with Gasteiger partial charge in [0.15, 0.2) is 8.32 Å². The Balaban J connectivity index is 4.34. The number of unbranched alkanes of at least 4 members (excludes halogenated alkanes) is 1. The Morgan fingerprint density at radius 3 is 2.20 bits per heavy atom. The molecule has 0 unspecified atom stereocenters. The summed E-state index contributed by atoms with van der Waals surface area (Å²) in [6.45, 7) is 13.1. The predicted octanol–water partition coefficient (Wildman–Crippen LogP) is 3.77. The second kappa shape index (κ2) is 5.80. The van der Waals surface area contributed by atoms with Gasteiger partial charge in [-0.3, -0.25) is 0 Å². The first-order chi connectivity index (χ1) is 6.74. The fourth-order valence-corrected chi connectivity index (χ4v) is 2.40. The van der Waals surface area contributed by atoms with Crippen molar-refractivity contribution in [1.82, 2.24) is 0 Å². The third-order valence-electron chi connectivity index (χ3n) is 3.25. The van der Waals surface area contributed by atoms with Gasteiger partial charge in [-0.2, -0.15) is 0 Å².